The molecule has 0 amide bonds. The van der Waals surface area contributed by atoms with Crippen molar-refractivity contribution in [3.63, 3.8) is 0 Å². The van der Waals surface area contributed by atoms with Gasteiger partial charge in [0.05, 0.1) is 6.61 Å². The topological polar surface area (TPSA) is 140 Å². The standard InChI is InChI=1S/C9H11N2O8P/c12-3-4-6-7(19-20(15,16)18-6)8(17-4)11-2-1-5(13)10-9(11)14/h1-2,4,6-8,12H,3H2,(H,15,16)(H,10,13,14)/t4-,6?,7+,8-/m1/s1. The SMILES string of the molecule is O=c1ccn([C@@H]2O[C@H](CO)C3OP(=O)(O)O[C@@H]32)c(=O)[nH]1. The molecule has 1 aromatic heterocycles. The second kappa shape index (κ2) is 4.62. The summed E-state index contributed by atoms with van der Waals surface area (Å²) in [6, 6.07) is 1.10. The van der Waals surface area contributed by atoms with Crippen LogP contribution in [0.1, 0.15) is 6.23 Å². The number of aliphatic hydroxyl groups is 1. The van der Waals surface area contributed by atoms with Crippen LogP contribution >= 0.6 is 7.82 Å². The lowest BCUT2D eigenvalue weighted by molar-refractivity contribution is -0.0624. The van der Waals surface area contributed by atoms with Gasteiger partial charge in [-0.3, -0.25) is 23.4 Å². The summed E-state index contributed by atoms with van der Waals surface area (Å²) in [5.74, 6) is 0. The van der Waals surface area contributed by atoms with Crippen LogP contribution < -0.4 is 11.2 Å². The number of phosphoric ester groups is 1. The molecule has 0 radical (unpaired) electrons. The van der Waals surface area contributed by atoms with Crippen molar-refractivity contribution in [2.75, 3.05) is 6.61 Å². The summed E-state index contributed by atoms with van der Waals surface area (Å²) in [5, 5.41) is 9.18. The molecule has 2 aliphatic rings. The first-order valence-electron chi connectivity index (χ1n) is 5.69. The Morgan fingerprint density at radius 1 is 1.35 bits per heavy atom. The first-order valence-corrected chi connectivity index (χ1v) is 7.18. The van der Waals surface area contributed by atoms with Crippen molar-refractivity contribution in [2.45, 2.75) is 24.5 Å². The van der Waals surface area contributed by atoms with Gasteiger partial charge in [0.25, 0.3) is 5.56 Å². The molecule has 0 spiro atoms. The first kappa shape index (κ1) is 13.7. The number of rotatable bonds is 2. The smallest absolute Gasteiger partial charge is 0.394 e. The number of phosphoric acid groups is 1. The van der Waals surface area contributed by atoms with E-state index in [4.69, 9.17) is 13.8 Å². The van der Waals surface area contributed by atoms with Gasteiger partial charge >= 0.3 is 13.5 Å². The summed E-state index contributed by atoms with van der Waals surface area (Å²) in [5.41, 5.74) is -1.35. The van der Waals surface area contributed by atoms with E-state index in [2.05, 4.69) is 0 Å². The van der Waals surface area contributed by atoms with Crippen molar-refractivity contribution in [1.82, 2.24) is 9.55 Å². The number of hydrogen-bond acceptors (Lipinski definition) is 7. The highest BCUT2D eigenvalue weighted by Crippen LogP contribution is 2.58. The quantitative estimate of drug-likeness (QED) is 0.550. The van der Waals surface area contributed by atoms with Crippen LogP contribution in [0.3, 0.4) is 0 Å². The number of aromatic nitrogens is 2. The third kappa shape index (κ3) is 2.16. The number of aromatic amines is 1. The largest absolute Gasteiger partial charge is 0.473 e. The fraction of sp³-hybridized carbons (Fsp3) is 0.556. The van der Waals surface area contributed by atoms with Gasteiger partial charge in [-0.25, -0.2) is 9.36 Å². The third-order valence-corrected chi connectivity index (χ3v) is 4.12. The van der Waals surface area contributed by atoms with Gasteiger partial charge in [-0.05, 0) is 0 Å². The van der Waals surface area contributed by atoms with Gasteiger partial charge in [0.1, 0.15) is 18.3 Å². The summed E-state index contributed by atoms with van der Waals surface area (Å²) in [4.78, 5) is 34.1. The molecule has 2 unspecified atom stereocenters. The molecule has 3 heterocycles. The van der Waals surface area contributed by atoms with E-state index in [-0.39, 0.29) is 0 Å². The van der Waals surface area contributed by atoms with Crippen LogP contribution in [0, 0.1) is 0 Å². The van der Waals surface area contributed by atoms with E-state index in [1.807, 2.05) is 4.98 Å². The molecule has 0 aromatic carbocycles. The Hall–Kier alpha value is -1.29. The van der Waals surface area contributed by atoms with Crippen molar-refractivity contribution in [1.29, 1.82) is 0 Å². The predicted molar refractivity (Wildman–Crippen MR) is 61.9 cm³/mol. The molecule has 3 N–H and O–H groups in total. The van der Waals surface area contributed by atoms with E-state index < -0.39 is 50.2 Å². The zero-order chi connectivity index (χ0) is 14.5. The third-order valence-electron chi connectivity index (χ3n) is 3.10. The van der Waals surface area contributed by atoms with Gasteiger partial charge in [0.15, 0.2) is 6.23 Å². The Balaban J connectivity index is 2.00. The Bertz CT molecular complexity index is 683. The molecule has 2 aliphatic heterocycles. The molecule has 3 rings (SSSR count). The monoisotopic (exact) mass is 306 g/mol. The highest BCUT2D eigenvalue weighted by molar-refractivity contribution is 7.47. The average Bonchev–Trinajstić information content (AvgIpc) is 2.83. The Labute approximate surface area is 111 Å². The average molecular weight is 306 g/mol. The Morgan fingerprint density at radius 2 is 2.05 bits per heavy atom. The minimum absolute atomic E-state index is 0.473. The molecule has 1 aromatic rings. The van der Waals surface area contributed by atoms with E-state index in [9.17, 15) is 24.2 Å². The number of fused-ring (bicyclic) bond motifs is 1. The molecule has 10 nitrogen and oxygen atoms in total. The van der Waals surface area contributed by atoms with E-state index >= 15 is 0 Å². The van der Waals surface area contributed by atoms with Crippen molar-refractivity contribution < 1.29 is 28.3 Å². The molecule has 2 fully saturated rings. The zero-order valence-electron chi connectivity index (χ0n) is 9.91. The van der Waals surface area contributed by atoms with Crippen LogP contribution in [-0.2, 0) is 18.3 Å². The van der Waals surface area contributed by atoms with Gasteiger partial charge in [-0.2, -0.15) is 0 Å². The maximum Gasteiger partial charge on any atom is 0.473 e. The highest BCUT2D eigenvalue weighted by Gasteiger charge is 2.57. The van der Waals surface area contributed by atoms with Gasteiger partial charge in [-0.15, -0.1) is 0 Å². The lowest BCUT2D eigenvalue weighted by Crippen LogP contribution is -2.36. The van der Waals surface area contributed by atoms with Gasteiger partial charge in [0, 0.05) is 12.3 Å². The summed E-state index contributed by atoms with van der Waals surface area (Å²) in [7, 11) is -4.23. The molecular weight excluding hydrogens is 295 g/mol. The minimum Gasteiger partial charge on any atom is -0.394 e. The molecular formula is C9H11N2O8P. The molecule has 0 aliphatic carbocycles. The van der Waals surface area contributed by atoms with Gasteiger partial charge < -0.3 is 14.7 Å². The maximum absolute atomic E-state index is 11.7. The van der Waals surface area contributed by atoms with Gasteiger partial charge in [0.2, 0.25) is 0 Å². The number of nitrogens with zero attached hydrogens (tertiary/aromatic N) is 1. The van der Waals surface area contributed by atoms with Crippen molar-refractivity contribution in [3.05, 3.63) is 33.1 Å². The van der Waals surface area contributed by atoms with Crippen molar-refractivity contribution >= 4 is 7.82 Å². The molecule has 0 bridgehead atoms. The zero-order valence-corrected chi connectivity index (χ0v) is 10.8. The van der Waals surface area contributed by atoms with Crippen LogP contribution in [0.15, 0.2) is 21.9 Å². The second-order valence-corrected chi connectivity index (χ2v) is 5.73. The normalized spacial score (nSPS) is 39.9. The van der Waals surface area contributed by atoms with Crippen molar-refractivity contribution in [3.8, 4) is 0 Å². The molecule has 0 saturated carbocycles. The summed E-state index contributed by atoms with van der Waals surface area (Å²) in [6.45, 7) is -0.473. The Morgan fingerprint density at radius 3 is 2.70 bits per heavy atom. The summed E-state index contributed by atoms with van der Waals surface area (Å²) < 4.78 is 27.5. The molecule has 20 heavy (non-hydrogen) atoms. The van der Waals surface area contributed by atoms with E-state index in [1.165, 1.54) is 6.20 Å². The number of aliphatic hydroxyl groups excluding tert-OH is 1. The second-order valence-electron chi connectivity index (χ2n) is 4.37. The number of ether oxygens (including phenoxy) is 1. The van der Waals surface area contributed by atoms with Crippen LogP contribution in [0.25, 0.3) is 0 Å². The predicted octanol–water partition coefficient (Wildman–Crippen LogP) is -1.69. The first-order chi connectivity index (χ1) is 9.41. The Kier molecular flexibility index (Phi) is 3.16. The number of nitrogens with one attached hydrogen (secondary N) is 1. The molecule has 5 atom stereocenters. The lowest BCUT2D eigenvalue weighted by atomic mass is 10.1. The molecule has 11 heteroatoms. The fourth-order valence-corrected chi connectivity index (χ4v) is 3.42. The van der Waals surface area contributed by atoms with E-state index in [1.54, 1.807) is 0 Å². The minimum atomic E-state index is -4.23. The number of hydrogen-bond donors (Lipinski definition) is 3. The number of H-pyrrole nitrogens is 1. The van der Waals surface area contributed by atoms with Crippen LogP contribution in [0.5, 0.6) is 0 Å². The summed E-state index contributed by atoms with van der Waals surface area (Å²) in [6.07, 6.45) is -2.82. The fourth-order valence-electron chi connectivity index (χ4n) is 2.28. The van der Waals surface area contributed by atoms with Crippen LogP contribution in [0.4, 0.5) is 0 Å². The van der Waals surface area contributed by atoms with E-state index in [0.29, 0.717) is 0 Å². The lowest BCUT2D eigenvalue weighted by Gasteiger charge is -2.18. The van der Waals surface area contributed by atoms with E-state index in [0.717, 1.165) is 10.6 Å². The van der Waals surface area contributed by atoms with Crippen molar-refractivity contribution in [2.24, 2.45) is 0 Å². The van der Waals surface area contributed by atoms with Gasteiger partial charge in [-0.1, -0.05) is 0 Å². The van der Waals surface area contributed by atoms with Crippen LogP contribution in [-0.4, -0.2) is 44.5 Å². The maximum atomic E-state index is 11.7. The highest BCUT2D eigenvalue weighted by atomic mass is 31.2. The van der Waals surface area contributed by atoms with Crippen LogP contribution in [0.2, 0.25) is 0 Å². The molecule has 2 saturated heterocycles. The molecule has 110 valence electrons. The summed E-state index contributed by atoms with van der Waals surface area (Å²) >= 11 is 0.